The highest BCUT2D eigenvalue weighted by molar-refractivity contribution is 5.60. The first-order valence-electron chi connectivity index (χ1n) is 5.73. The molecular weight excluding hydrogens is 232 g/mol. The lowest BCUT2D eigenvalue weighted by molar-refractivity contribution is 0.174. The Hall–Kier alpha value is -1.95. The second-order valence-electron chi connectivity index (χ2n) is 3.70. The smallest absolute Gasteiger partial charge is 0.224 e. The zero-order valence-electron chi connectivity index (χ0n) is 10.8. The van der Waals surface area contributed by atoms with Crippen LogP contribution >= 0.6 is 0 Å². The molecule has 0 fully saturated rings. The second kappa shape index (κ2) is 5.59. The van der Waals surface area contributed by atoms with E-state index in [4.69, 9.17) is 9.47 Å². The van der Waals surface area contributed by atoms with E-state index in [0.29, 0.717) is 24.9 Å². The summed E-state index contributed by atoms with van der Waals surface area (Å²) in [5, 5.41) is 4.35. The number of pyridine rings is 1. The van der Waals surface area contributed by atoms with Gasteiger partial charge in [-0.2, -0.15) is 5.10 Å². The predicted molar refractivity (Wildman–Crippen MR) is 66.1 cm³/mol. The fourth-order valence-corrected chi connectivity index (χ4v) is 1.60. The van der Waals surface area contributed by atoms with Crippen molar-refractivity contribution in [1.82, 2.24) is 19.7 Å². The van der Waals surface area contributed by atoms with Gasteiger partial charge in [-0.3, -0.25) is 4.68 Å². The molecule has 2 rings (SSSR count). The minimum absolute atomic E-state index is 0.424. The lowest BCUT2D eigenvalue weighted by Crippen LogP contribution is -2.00. The molecule has 18 heavy (non-hydrogen) atoms. The monoisotopic (exact) mass is 248 g/mol. The van der Waals surface area contributed by atoms with Gasteiger partial charge in [0, 0.05) is 20.4 Å². The maximum absolute atomic E-state index is 5.47. The van der Waals surface area contributed by atoms with Crippen LogP contribution in [0.3, 0.4) is 0 Å². The number of methoxy groups -OCH3 is 1. The minimum Gasteiger partial charge on any atom is -0.477 e. The van der Waals surface area contributed by atoms with Crippen molar-refractivity contribution in [3.05, 3.63) is 24.2 Å². The maximum atomic E-state index is 5.47. The Balaban J connectivity index is 2.39. The van der Waals surface area contributed by atoms with E-state index in [9.17, 15) is 0 Å². The first-order chi connectivity index (χ1) is 8.76. The molecule has 0 atom stereocenters. The lowest BCUT2D eigenvalue weighted by Gasteiger charge is -2.04. The molecule has 0 aliphatic carbocycles. The average molecular weight is 248 g/mol. The number of hydrogen-bond acceptors (Lipinski definition) is 5. The van der Waals surface area contributed by atoms with E-state index in [1.54, 1.807) is 18.0 Å². The van der Waals surface area contributed by atoms with Crippen LogP contribution in [0.2, 0.25) is 0 Å². The van der Waals surface area contributed by atoms with Gasteiger partial charge in [-0.05, 0) is 19.1 Å². The lowest BCUT2D eigenvalue weighted by atomic mass is 10.2. The molecule has 2 heterocycles. The van der Waals surface area contributed by atoms with Crippen molar-refractivity contribution in [1.29, 1.82) is 0 Å². The quantitative estimate of drug-likeness (QED) is 0.800. The molecule has 6 heteroatoms. The van der Waals surface area contributed by atoms with Crippen LogP contribution in [0.15, 0.2) is 18.3 Å². The molecule has 0 N–H and O–H groups in total. The third-order valence-electron chi connectivity index (χ3n) is 2.42. The van der Waals surface area contributed by atoms with E-state index in [-0.39, 0.29) is 0 Å². The van der Waals surface area contributed by atoms with Crippen LogP contribution < -0.4 is 4.74 Å². The van der Waals surface area contributed by atoms with E-state index in [0.717, 1.165) is 11.4 Å². The van der Waals surface area contributed by atoms with Gasteiger partial charge in [0.15, 0.2) is 11.6 Å². The Morgan fingerprint density at radius 2 is 2.22 bits per heavy atom. The molecule has 0 bridgehead atoms. The van der Waals surface area contributed by atoms with Crippen LogP contribution in [-0.4, -0.2) is 33.5 Å². The molecule has 0 aliphatic heterocycles. The third-order valence-corrected chi connectivity index (χ3v) is 2.42. The molecule has 0 aliphatic rings. The highest BCUT2D eigenvalue weighted by Crippen LogP contribution is 2.24. The molecule has 0 amide bonds. The van der Waals surface area contributed by atoms with Gasteiger partial charge >= 0.3 is 0 Å². The van der Waals surface area contributed by atoms with Crippen molar-refractivity contribution >= 4 is 0 Å². The molecule has 2 aromatic rings. The molecule has 6 nitrogen and oxygen atoms in total. The normalized spacial score (nSPS) is 10.6. The summed E-state index contributed by atoms with van der Waals surface area (Å²) in [5.74, 6) is 1.91. The molecule has 2 aromatic heterocycles. The van der Waals surface area contributed by atoms with E-state index in [1.165, 1.54) is 0 Å². The van der Waals surface area contributed by atoms with Crippen molar-refractivity contribution < 1.29 is 9.47 Å². The number of ether oxygens (including phenoxy) is 2. The molecule has 0 saturated heterocycles. The summed E-state index contributed by atoms with van der Waals surface area (Å²) >= 11 is 0. The maximum Gasteiger partial charge on any atom is 0.224 e. The Bertz CT molecular complexity index is 525. The molecule has 0 radical (unpaired) electrons. The number of nitrogens with zero attached hydrogens (tertiary/aromatic N) is 4. The van der Waals surface area contributed by atoms with Gasteiger partial charge in [0.2, 0.25) is 5.88 Å². The Morgan fingerprint density at radius 1 is 1.39 bits per heavy atom. The highest BCUT2D eigenvalue weighted by Gasteiger charge is 2.14. The molecule has 0 aromatic carbocycles. The Kier molecular flexibility index (Phi) is 3.88. The predicted octanol–water partition coefficient (Wildman–Crippen LogP) is 1.42. The second-order valence-corrected chi connectivity index (χ2v) is 3.70. The van der Waals surface area contributed by atoms with Gasteiger partial charge < -0.3 is 9.47 Å². The van der Waals surface area contributed by atoms with Crippen molar-refractivity contribution in [3.8, 4) is 17.3 Å². The standard InChI is InChI=1S/C12H16N4O2/c1-4-18-12-9(6-5-7-13-12)11-14-10(8-17-3)16(2)15-11/h5-7H,4,8H2,1-3H3. The summed E-state index contributed by atoms with van der Waals surface area (Å²) in [6.07, 6.45) is 1.69. The Labute approximate surface area is 106 Å². The molecular formula is C12H16N4O2. The van der Waals surface area contributed by atoms with E-state index < -0.39 is 0 Å². The van der Waals surface area contributed by atoms with Crippen LogP contribution in [0.4, 0.5) is 0 Å². The summed E-state index contributed by atoms with van der Waals surface area (Å²) in [7, 11) is 3.46. The number of aromatic nitrogens is 4. The number of aryl methyl sites for hydroxylation is 1. The van der Waals surface area contributed by atoms with Gasteiger partial charge in [-0.25, -0.2) is 9.97 Å². The largest absolute Gasteiger partial charge is 0.477 e. The summed E-state index contributed by atoms with van der Waals surface area (Å²) in [4.78, 5) is 8.61. The van der Waals surface area contributed by atoms with Gasteiger partial charge in [-0.15, -0.1) is 0 Å². The third kappa shape index (κ3) is 2.48. The summed E-state index contributed by atoms with van der Waals surface area (Å²) in [5.41, 5.74) is 0.789. The van der Waals surface area contributed by atoms with Gasteiger partial charge in [0.05, 0.1) is 12.2 Å². The fourth-order valence-electron chi connectivity index (χ4n) is 1.60. The summed E-state index contributed by atoms with van der Waals surface area (Å²) < 4.78 is 12.2. The van der Waals surface area contributed by atoms with Crippen molar-refractivity contribution in [3.63, 3.8) is 0 Å². The number of hydrogen-bond donors (Lipinski definition) is 0. The SMILES string of the molecule is CCOc1ncccc1-c1nc(COC)n(C)n1. The first-order valence-corrected chi connectivity index (χ1v) is 5.73. The molecule has 0 spiro atoms. The molecule has 0 saturated carbocycles. The minimum atomic E-state index is 0.424. The van der Waals surface area contributed by atoms with Crippen LogP contribution in [0.1, 0.15) is 12.7 Å². The fraction of sp³-hybridized carbons (Fsp3) is 0.417. The van der Waals surface area contributed by atoms with Crippen LogP contribution in [0.25, 0.3) is 11.4 Å². The van der Waals surface area contributed by atoms with Crippen LogP contribution in [0, 0.1) is 0 Å². The zero-order valence-corrected chi connectivity index (χ0v) is 10.8. The summed E-state index contributed by atoms with van der Waals surface area (Å²) in [6, 6.07) is 3.73. The zero-order chi connectivity index (χ0) is 13.0. The Morgan fingerprint density at radius 3 is 2.94 bits per heavy atom. The first kappa shape index (κ1) is 12.5. The van der Waals surface area contributed by atoms with Crippen LogP contribution in [-0.2, 0) is 18.4 Å². The molecule has 96 valence electrons. The van der Waals surface area contributed by atoms with E-state index in [1.807, 2.05) is 26.1 Å². The summed E-state index contributed by atoms with van der Waals surface area (Å²) in [6.45, 7) is 2.90. The topological polar surface area (TPSA) is 62.1 Å². The molecule has 0 unspecified atom stereocenters. The van der Waals surface area contributed by atoms with Crippen molar-refractivity contribution in [2.75, 3.05) is 13.7 Å². The van der Waals surface area contributed by atoms with E-state index >= 15 is 0 Å². The van der Waals surface area contributed by atoms with Gasteiger partial charge in [0.25, 0.3) is 0 Å². The highest BCUT2D eigenvalue weighted by atomic mass is 16.5. The average Bonchev–Trinajstić information content (AvgIpc) is 2.73. The van der Waals surface area contributed by atoms with Gasteiger partial charge in [-0.1, -0.05) is 0 Å². The number of rotatable bonds is 5. The van der Waals surface area contributed by atoms with E-state index in [2.05, 4.69) is 15.1 Å². The van der Waals surface area contributed by atoms with Crippen molar-refractivity contribution in [2.24, 2.45) is 7.05 Å². The van der Waals surface area contributed by atoms with Gasteiger partial charge in [0.1, 0.15) is 6.61 Å². The van der Waals surface area contributed by atoms with Crippen molar-refractivity contribution in [2.45, 2.75) is 13.5 Å². The van der Waals surface area contributed by atoms with Crippen LogP contribution in [0.5, 0.6) is 5.88 Å².